The van der Waals surface area contributed by atoms with E-state index in [1.165, 1.54) is 6.42 Å². The lowest BCUT2D eigenvalue weighted by molar-refractivity contribution is -0.138. The number of rotatable bonds is 5. The fourth-order valence-electron chi connectivity index (χ4n) is 3.05. The van der Waals surface area contributed by atoms with E-state index in [0.717, 1.165) is 30.2 Å². The zero-order valence-electron chi connectivity index (χ0n) is 12.4. The molecule has 1 fully saturated rings. The summed E-state index contributed by atoms with van der Waals surface area (Å²) in [6.07, 6.45) is 3.55. The molecular formula is C17H25NO2. The Kier molecular flexibility index (Phi) is 5.18. The number of aliphatic carboxylic acids is 1. The van der Waals surface area contributed by atoms with Gasteiger partial charge in [0.05, 0.1) is 5.92 Å². The van der Waals surface area contributed by atoms with Gasteiger partial charge in [-0.3, -0.25) is 4.79 Å². The molecule has 2 rings (SSSR count). The largest absolute Gasteiger partial charge is 0.481 e. The predicted octanol–water partition coefficient (Wildman–Crippen LogP) is 3.27. The van der Waals surface area contributed by atoms with Crippen molar-refractivity contribution in [2.24, 2.45) is 11.8 Å². The second kappa shape index (κ2) is 6.89. The molecule has 0 aromatic heterocycles. The minimum atomic E-state index is -0.749. The van der Waals surface area contributed by atoms with Crippen LogP contribution in [0.1, 0.15) is 44.6 Å². The number of carboxylic acid groups (broad SMARTS) is 1. The van der Waals surface area contributed by atoms with Gasteiger partial charge in [0.2, 0.25) is 0 Å². The summed E-state index contributed by atoms with van der Waals surface area (Å²) >= 11 is 0. The second-order valence-corrected chi connectivity index (χ2v) is 6.17. The molecule has 1 aromatic rings. The van der Waals surface area contributed by atoms with Crippen LogP contribution in [0.15, 0.2) is 30.3 Å². The molecule has 0 spiro atoms. The molecule has 0 amide bonds. The van der Waals surface area contributed by atoms with E-state index in [-0.39, 0.29) is 0 Å². The average Bonchev–Trinajstić information content (AvgIpc) is 2.44. The summed E-state index contributed by atoms with van der Waals surface area (Å²) in [5.74, 6) is 0.311. The van der Waals surface area contributed by atoms with Gasteiger partial charge >= 0.3 is 5.97 Å². The van der Waals surface area contributed by atoms with Crippen molar-refractivity contribution in [3.05, 3.63) is 35.9 Å². The Bertz CT molecular complexity index is 432. The first kappa shape index (κ1) is 15.0. The summed E-state index contributed by atoms with van der Waals surface area (Å²) in [6, 6.07) is 9.97. The van der Waals surface area contributed by atoms with Crippen molar-refractivity contribution in [1.82, 2.24) is 5.32 Å². The number of carbonyl (C=O) groups is 1. The highest BCUT2D eigenvalue weighted by Crippen LogP contribution is 2.29. The maximum atomic E-state index is 11.4. The van der Waals surface area contributed by atoms with Gasteiger partial charge in [0, 0.05) is 12.6 Å². The highest BCUT2D eigenvalue weighted by molar-refractivity contribution is 5.76. The van der Waals surface area contributed by atoms with E-state index in [0.29, 0.717) is 12.6 Å². The van der Waals surface area contributed by atoms with Crippen molar-refractivity contribution < 1.29 is 9.90 Å². The van der Waals surface area contributed by atoms with Gasteiger partial charge in [-0.15, -0.1) is 0 Å². The van der Waals surface area contributed by atoms with E-state index in [2.05, 4.69) is 19.2 Å². The van der Waals surface area contributed by atoms with Gasteiger partial charge < -0.3 is 10.4 Å². The molecule has 3 heteroatoms. The molecule has 0 heterocycles. The molecule has 1 saturated carbocycles. The molecule has 2 N–H and O–H groups in total. The fourth-order valence-corrected chi connectivity index (χ4v) is 3.05. The molecule has 1 aliphatic carbocycles. The second-order valence-electron chi connectivity index (χ2n) is 6.17. The zero-order chi connectivity index (χ0) is 14.5. The molecule has 110 valence electrons. The Morgan fingerprint density at radius 1 is 1.25 bits per heavy atom. The van der Waals surface area contributed by atoms with Crippen molar-refractivity contribution >= 4 is 5.97 Å². The van der Waals surface area contributed by atoms with Gasteiger partial charge in [0.15, 0.2) is 0 Å². The van der Waals surface area contributed by atoms with Gasteiger partial charge in [-0.1, -0.05) is 44.2 Å². The van der Waals surface area contributed by atoms with Gasteiger partial charge in [-0.25, -0.2) is 0 Å². The summed E-state index contributed by atoms with van der Waals surface area (Å²) in [7, 11) is 0. The Balaban J connectivity index is 1.92. The van der Waals surface area contributed by atoms with E-state index >= 15 is 0 Å². The SMILES string of the molecule is CC1CCC(NCC(C(=O)O)c2ccccc2)CC1C. The number of hydrogen-bond acceptors (Lipinski definition) is 2. The molecule has 0 radical (unpaired) electrons. The van der Waals surface area contributed by atoms with Crippen LogP contribution in [0.3, 0.4) is 0 Å². The molecule has 4 unspecified atom stereocenters. The van der Waals surface area contributed by atoms with Gasteiger partial charge in [-0.2, -0.15) is 0 Å². The summed E-state index contributed by atoms with van der Waals surface area (Å²) in [6.45, 7) is 5.13. The number of carboxylic acids is 1. The van der Waals surface area contributed by atoms with Crippen LogP contribution in [0.4, 0.5) is 0 Å². The topological polar surface area (TPSA) is 49.3 Å². The van der Waals surface area contributed by atoms with Crippen LogP contribution >= 0.6 is 0 Å². The van der Waals surface area contributed by atoms with Crippen molar-refractivity contribution in [2.45, 2.75) is 45.1 Å². The number of benzene rings is 1. The predicted molar refractivity (Wildman–Crippen MR) is 80.8 cm³/mol. The van der Waals surface area contributed by atoms with Crippen LogP contribution in [0.5, 0.6) is 0 Å². The first-order chi connectivity index (χ1) is 9.58. The molecule has 20 heavy (non-hydrogen) atoms. The van der Waals surface area contributed by atoms with Crippen LogP contribution in [0.25, 0.3) is 0 Å². The first-order valence-corrected chi connectivity index (χ1v) is 7.59. The molecule has 1 aliphatic rings. The summed E-state index contributed by atoms with van der Waals surface area (Å²) < 4.78 is 0. The van der Waals surface area contributed by atoms with Crippen LogP contribution in [-0.4, -0.2) is 23.7 Å². The summed E-state index contributed by atoms with van der Waals surface area (Å²) in [5.41, 5.74) is 0.879. The third-order valence-corrected chi connectivity index (χ3v) is 4.71. The number of hydrogen-bond donors (Lipinski definition) is 2. The summed E-state index contributed by atoms with van der Waals surface area (Å²) in [5, 5.41) is 12.9. The smallest absolute Gasteiger partial charge is 0.312 e. The average molecular weight is 275 g/mol. The van der Waals surface area contributed by atoms with Crippen LogP contribution < -0.4 is 5.32 Å². The monoisotopic (exact) mass is 275 g/mol. The van der Waals surface area contributed by atoms with Crippen molar-refractivity contribution in [1.29, 1.82) is 0 Å². The Morgan fingerprint density at radius 3 is 2.55 bits per heavy atom. The van der Waals surface area contributed by atoms with Gasteiger partial charge in [0.1, 0.15) is 0 Å². The minimum absolute atomic E-state index is 0.453. The highest BCUT2D eigenvalue weighted by Gasteiger charge is 2.26. The van der Waals surface area contributed by atoms with Crippen molar-refractivity contribution in [3.63, 3.8) is 0 Å². The lowest BCUT2D eigenvalue weighted by Gasteiger charge is -2.33. The van der Waals surface area contributed by atoms with Crippen molar-refractivity contribution in [2.75, 3.05) is 6.54 Å². The quantitative estimate of drug-likeness (QED) is 0.867. The molecule has 0 saturated heterocycles. The van der Waals surface area contributed by atoms with Gasteiger partial charge in [0.25, 0.3) is 0 Å². The first-order valence-electron chi connectivity index (χ1n) is 7.59. The standard InChI is InChI=1S/C17H25NO2/c1-12-8-9-15(10-13(12)2)18-11-16(17(19)20)14-6-4-3-5-7-14/h3-7,12-13,15-16,18H,8-11H2,1-2H3,(H,19,20). The van der Waals surface area contributed by atoms with E-state index in [4.69, 9.17) is 0 Å². The zero-order valence-corrected chi connectivity index (χ0v) is 12.4. The van der Waals surface area contributed by atoms with E-state index in [1.807, 2.05) is 30.3 Å². The third kappa shape index (κ3) is 3.83. The van der Waals surface area contributed by atoms with Crippen molar-refractivity contribution in [3.8, 4) is 0 Å². The molecule has 3 nitrogen and oxygen atoms in total. The molecule has 0 bridgehead atoms. The Labute approximate surface area is 121 Å². The van der Waals surface area contributed by atoms with E-state index in [1.54, 1.807) is 0 Å². The maximum Gasteiger partial charge on any atom is 0.312 e. The molecule has 4 atom stereocenters. The Morgan fingerprint density at radius 2 is 1.95 bits per heavy atom. The maximum absolute atomic E-state index is 11.4. The van der Waals surface area contributed by atoms with E-state index in [9.17, 15) is 9.90 Å². The van der Waals surface area contributed by atoms with Crippen LogP contribution in [0.2, 0.25) is 0 Å². The molecule has 0 aliphatic heterocycles. The fraction of sp³-hybridized carbons (Fsp3) is 0.588. The molecule has 1 aromatic carbocycles. The Hall–Kier alpha value is -1.35. The third-order valence-electron chi connectivity index (χ3n) is 4.71. The van der Waals surface area contributed by atoms with Gasteiger partial charge in [-0.05, 0) is 36.7 Å². The number of nitrogens with one attached hydrogen (secondary N) is 1. The lowest BCUT2D eigenvalue weighted by atomic mass is 9.79. The molecular weight excluding hydrogens is 250 g/mol. The normalized spacial score (nSPS) is 28.0. The van der Waals surface area contributed by atoms with E-state index < -0.39 is 11.9 Å². The lowest BCUT2D eigenvalue weighted by Crippen LogP contribution is -2.39. The van der Waals surface area contributed by atoms with Crippen LogP contribution in [-0.2, 0) is 4.79 Å². The summed E-state index contributed by atoms with van der Waals surface area (Å²) in [4.78, 5) is 11.4. The van der Waals surface area contributed by atoms with Crippen LogP contribution in [0, 0.1) is 11.8 Å². The minimum Gasteiger partial charge on any atom is -0.481 e. The highest BCUT2D eigenvalue weighted by atomic mass is 16.4.